The van der Waals surface area contributed by atoms with Crippen molar-refractivity contribution in [2.45, 2.75) is 65.1 Å². The second kappa shape index (κ2) is 14.7. The molecule has 0 saturated heterocycles. The summed E-state index contributed by atoms with van der Waals surface area (Å²) < 4.78 is 11.5. The van der Waals surface area contributed by atoms with Crippen molar-refractivity contribution in [1.82, 2.24) is 0 Å². The van der Waals surface area contributed by atoms with Crippen molar-refractivity contribution in [1.29, 1.82) is 0 Å². The normalized spacial score (nSPS) is 11.8. The third-order valence-electron chi connectivity index (χ3n) is 2.63. The molecule has 3 nitrogen and oxygen atoms in total. The van der Waals surface area contributed by atoms with Crippen LogP contribution in [0.15, 0.2) is 12.2 Å². The summed E-state index contributed by atoms with van der Waals surface area (Å²) in [5, 5.41) is 8.66. The first kappa shape index (κ1) is 17.6. The Bertz CT molecular complexity index is 171. The molecule has 0 unspecified atom stereocenters. The molecule has 0 aliphatic carbocycles. The van der Waals surface area contributed by atoms with Crippen molar-refractivity contribution in [3.05, 3.63) is 12.2 Å². The largest absolute Gasteiger partial charge is 0.396 e. The number of aliphatic hydroxyl groups is 1. The first-order chi connectivity index (χ1) is 8.85. The van der Waals surface area contributed by atoms with Gasteiger partial charge in [0.15, 0.2) is 6.29 Å². The maximum atomic E-state index is 8.66. The zero-order valence-electron chi connectivity index (χ0n) is 12.1. The minimum Gasteiger partial charge on any atom is -0.396 e. The minimum atomic E-state index is -0.0677. The van der Waals surface area contributed by atoms with Crippen molar-refractivity contribution in [3.8, 4) is 0 Å². The Balaban J connectivity index is 3.72. The van der Waals surface area contributed by atoms with Gasteiger partial charge < -0.3 is 14.6 Å². The smallest absolute Gasteiger partial charge is 0.157 e. The maximum Gasteiger partial charge on any atom is 0.157 e. The van der Waals surface area contributed by atoms with Gasteiger partial charge in [0.1, 0.15) is 0 Å². The summed E-state index contributed by atoms with van der Waals surface area (Å²) in [6.45, 7) is 6.11. The number of allylic oxidation sites excluding steroid dienone is 1. The highest BCUT2D eigenvalue weighted by atomic mass is 16.7. The molecule has 0 aliphatic heterocycles. The molecule has 18 heavy (non-hydrogen) atoms. The molecule has 0 atom stereocenters. The molecule has 0 spiro atoms. The predicted molar refractivity (Wildman–Crippen MR) is 75.6 cm³/mol. The molecule has 0 aromatic heterocycles. The van der Waals surface area contributed by atoms with Crippen LogP contribution in [0.3, 0.4) is 0 Å². The molecule has 108 valence electrons. The first-order valence-corrected chi connectivity index (χ1v) is 7.34. The lowest BCUT2D eigenvalue weighted by molar-refractivity contribution is -0.146. The Labute approximate surface area is 112 Å². The fourth-order valence-electron chi connectivity index (χ4n) is 1.48. The van der Waals surface area contributed by atoms with Gasteiger partial charge in [-0.3, -0.25) is 0 Å². The lowest BCUT2D eigenvalue weighted by atomic mass is 10.2. The molecule has 0 heterocycles. The van der Waals surface area contributed by atoms with Crippen molar-refractivity contribution < 1.29 is 14.6 Å². The van der Waals surface area contributed by atoms with Crippen molar-refractivity contribution in [2.24, 2.45) is 0 Å². The molecule has 0 fully saturated rings. The number of hydrogen-bond donors (Lipinski definition) is 1. The van der Waals surface area contributed by atoms with Crippen molar-refractivity contribution in [3.63, 3.8) is 0 Å². The van der Waals surface area contributed by atoms with Crippen LogP contribution >= 0.6 is 0 Å². The van der Waals surface area contributed by atoms with Gasteiger partial charge in [0.25, 0.3) is 0 Å². The van der Waals surface area contributed by atoms with Crippen molar-refractivity contribution in [2.75, 3.05) is 19.8 Å². The molecule has 0 aromatic carbocycles. The van der Waals surface area contributed by atoms with E-state index in [1.54, 1.807) is 0 Å². The Kier molecular flexibility index (Phi) is 14.4. The van der Waals surface area contributed by atoms with E-state index in [1.807, 2.05) is 6.08 Å². The summed E-state index contributed by atoms with van der Waals surface area (Å²) in [6.07, 6.45) is 11.1. The van der Waals surface area contributed by atoms with Gasteiger partial charge in [-0.1, -0.05) is 38.8 Å². The highest BCUT2D eigenvalue weighted by Crippen LogP contribution is 2.08. The monoisotopic (exact) mass is 258 g/mol. The molecule has 0 aromatic rings. The predicted octanol–water partition coefficient (Wildman–Crippen LogP) is 3.66. The van der Waals surface area contributed by atoms with Crippen LogP contribution < -0.4 is 0 Å². The summed E-state index contributed by atoms with van der Waals surface area (Å²) in [5.74, 6) is 0. The van der Waals surface area contributed by atoms with E-state index >= 15 is 0 Å². The number of ether oxygens (including phenoxy) is 2. The minimum absolute atomic E-state index is 0.0677. The first-order valence-electron chi connectivity index (χ1n) is 7.34. The second-order valence-electron chi connectivity index (χ2n) is 4.44. The van der Waals surface area contributed by atoms with Crippen LogP contribution in [0.5, 0.6) is 0 Å². The van der Waals surface area contributed by atoms with Crippen molar-refractivity contribution >= 4 is 0 Å². The molecule has 3 heteroatoms. The van der Waals surface area contributed by atoms with Gasteiger partial charge in [-0.15, -0.1) is 0 Å². The molecule has 0 rings (SSSR count). The van der Waals surface area contributed by atoms with Crippen LogP contribution in [0.25, 0.3) is 0 Å². The fraction of sp³-hybridized carbons (Fsp3) is 0.867. The molecule has 0 radical (unpaired) electrons. The Hall–Kier alpha value is -0.380. The van der Waals surface area contributed by atoms with Gasteiger partial charge in [0.05, 0.1) is 0 Å². The van der Waals surface area contributed by atoms with Crippen LogP contribution in [0, 0.1) is 0 Å². The standard InChI is InChI=1S/C15H30O3/c1-3-5-13-17-15(18-14-6-4-2)11-9-7-8-10-12-16/h7-8,15-16H,3-6,9-14H2,1-2H3/b8-7-. The quantitative estimate of drug-likeness (QED) is 0.311. The molecular weight excluding hydrogens is 228 g/mol. The zero-order chi connectivity index (χ0) is 13.5. The van der Waals surface area contributed by atoms with E-state index in [4.69, 9.17) is 14.6 Å². The van der Waals surface area contributed by atoms with E-state index in [9.17, 15) is 0 Å². The zero-order valence-corrected chi connectivity index (χ0v) is 12.1. The van der Waals surface area contributed by atoms with Gasteiger partial charge in [-0.2, -0.15) is 0 Å². The van der Waals surface area contributed by atoms with E-state index in [-0.39, 0.29) is 12.9 Å². The van der Waals surface area contributed by atoms with E-state index in [1.165, 1.54) is 0 Å². The van der Waals surface area contributed by atoms with E-state index < -0.39 is 0 Å². The highest BCUT2D eigenvalue weighted by Gasteiger charge is 2.07. The van der Waals surface area contributed by atoms with Crippen LogP contribution in [0.4, 0.5) is 0 Å². The Morgan fingerprint density at radius 3 is 2.00 bits per heavy atom. The van der Waals surface area contributed by atoms with Gasteiger partial charge in [-0.25, -0.2) is 0 Å². The molecule has 0 saturated carbocycles. The van der Waals surface area contributed by atoms with Gasteiger partial charge in [0.2, 0.25) is 0 Å². The van der Waals surface area contributed by atoms with E-state index in [2.05, 4.69) is 19.9 Å². The topological polar surface area (TPSA) is 38.7 Å². The average molecular weight is 258 g/mol. The third-order valence-corrected chi connectivity index (χ3v) is 2.63. The number of unbranched alkanes of at least 4 members (excludes halogenated alkanes) is 2. The van der Waals surface area contributed by atoms with Crippen LogP contribution in [0.1, 0.15) is 58.8 Å². The average Bonchev–Trinajstić information content (AvgIpc) is 2.38. The molecule has 0 amide bonds. The number of aliphatic hydroxyl groups excluding tert-OH is 1. The number of hydrogen-bond acceptors (Lipinski definition) is 3. The summed E-state index contributed by atoms with van der Waals surface area (Å²) in [5.41, 5.74) is 0. The highest BCUT2D eigenvalue weighted by molar-refractivity contribution is 4.81. The SMILES string of the molecule is CCCCOC(CC/C=C\CCO)OCCCC. The van der Waals surface area contributed by atoms with E-state index in [0.717, 1.165) is 58.2 Å². The van der Waals surface area contributed by atoms with Gasteiger partial charge >= 0.3 is 0 Å². The van der Waals surface area contributed by atoms with Crippen LogP contribution in [0.2, 0.25) is 0 Å². The molecule has 0 bridgehead atoms. The summed E-state index contributed by atoms with van der Waals surface area (Å²) in [7, 11) is 0. The van der Waals surface area contributed by atoms with Gasteiger partial charge in [-0.05, 0) is 25.7 Å². The second-order valence-corrected chi connectivity index (χ2v) is 4.44. The van der Waals surface area contributed by atoms with E-state index in [0.29, 0.717) is 0 Å². The number of rotatable bonds is 13. The molecule has 1 N–H and O–H groups in total. The van der Waals surface area contributed by atoms with Crippen LogP contribution in [-0.2, 0) is 9.47 Å². The maximum absolute atomic E-state index is 8.66. The fourth-order valence-corrected chi connectivity index (χ4v) is 1.48. The third kappa shape index (κ3) is 12.1. The Morgan fingerprint density at radius 2 is 1.50 bits per heavy atom. The summed E-state index contributed by atoms with van der Waals surface area (Å²) in [4.78, 5) is 0. The lowest BCUT2D eigenvalue weighted by Crippen LogP contribution is -2.18. The van der Waals surface area contributed by atoms with Crippen LogP contribution in [-0.4, -0.2) is 31.2 Å². The Morgan fingerprint density at radius 1 is 0.944 bits per heavy atom. The lowest BCUT2D eigenvalue weighted by Gasteiger charge is -2.17. The molecular formula is C15H30O3. The summed E-state index contributed by atoms with van der Waals surface area (Å²) in [6, 6.07) is 0. The molecule has 0 aliphatic rings. The van der Waals surface area contributed by atoms with Gasteiger partial charge in [0, 0.05) is 26.2 Å². The summed E-state index contributed by atoms with van der Waals surface area (Å²) >= 11 is 0.